The van der Waals surface area contributed by atoms with Gasteiger partial charge < -0.3 is 15.2 Å². The molecule has 0 bridgehead atoms. The molecule has 1 amide bonds. The van der Waals surface area contributed by atoms with Crippen LogP contribution in [0.15, 0.2) is 16.9 Å². The van der Waals surface area contributed by atoms with E-state index < -0.39 is 47.0 Å². The Morgan fingerprint density at radius 2 is 2.00 bits per heavy atom. The third kappa shape index (κ3) is 4.26. The summed E-state index contributed by atoms with van der Waals surface area (Å²) < 4.78 is 21.0. The zero-order chi connectivity index (χ0) is 22.4. The van der Waals surface area contributed by atoms with Crippen molar-refractivity contribution in [3.8, 4) is 0 Å². The predicted molar refractivity (Wildman–Crippen MR) is 108 cm³/mol. The van der Waals surface area contributed by atoms with Crippen LogP contribution in [0.25, 0.3) is 10.9 Å². The average Bonchev–Trinajstić information content (AvgIpc) is 2.55. The summed E-state index contributed by atoms with van der Waals surface area (Å²) in [6.07, 6.45) is -0.275. The molecule has 1 fully saturated rings. The van der Waals surface area contributed by atoms with E-state index in [0.29, 0.717) is 0 Å². The highest BCUT2D eigenvalue weighted by molar-refractivity contribution is 6.35. The Hall–Kier alpha value is -2.68. The Kier molecular flexibility index (Phi) is 5.77. The van der Waals surface area contributed by atoms with E-state index >= 15 is 0 Å². The molecule has 2 N–H and O–H groups in total. The van der Waals surface area contributed by atoms with Gasteiger partial charge in [-0.2, -0.15) is 0 Å². The number of benzene rings is 1. The van der Waals surface area contributed by atoms with E-state index in [1.165, 1.54) is 10.6 Å². The van der Waals surface area contributed by atoms with Crippen molar-refractivity contribution in [1.29, 1.82) is 0 Å². The fraction of sp³-hybridized carbons (Fsp3) is 0.500. The van der Waals surface area contributed by atoms with Gasteiger partial charge in [0.05, 0.1) is 22.4 Å². The lowest BCUT2D eigenvalue weighted by Crippen LogP contribution is -2.42. The van der Waals surface area contributed by atoms with E-state index in [1.54, 1.807) is 27.7 Å². The number of aliphatic carboxylic acids is 1. The van der Waals surface area contributed by atoms with Gasteiger partial charge in [0.2, 0.25) is 0 Å². The third-order valence-corrected chi connectivity index (χ3v) is 5.25. The van der Waals surface area contributed by atoms with Crippen molar-refractivity contribution < 1.29 is 23.8 Å². The molecular weight excluding hydrogens is 417 g/mol. The summed E-state index contributed by atoms with van der Waals surface area (Å²) in [6.45, 7) is 6.71. The number of rotatable bonds is 4. The predicted octanol–water partition coefficient (Wildman–Crippen LogP) is 3.81. The van der Waals surface area contributed by atoms with E-state index in [0.717, 1.165) is 6.07 Å². The Balaban J connectivity index is 2.08. The molecule has 8 nitrogen and oxygen atoms in total. The van der Waals surface area contributed by atoms with Gasteiger partial charge in [0.25, 0.3) is 5.56 Å². The normalized spacial score (nSPS) is 19.8. The first-order chi connectivity index (χ1) is 13.9. The van der Waals surface area contributed by atoms with Crippen LogP contribution in [0, 0.1) is 11.7 Å². The molecule has 0 spiro atoms. The maximum absolute atomic E-state index is 14.4. The standard InChI is InChI=1S/C20H23ClFN3O5/c1-9(23-19(29)30-20(2,3)4)16-24-15-13(22)6-5-12(21)14(15)17(26)25(16)11-7-10(8-11)18(27)28/h5-6,9-11H,7-8H2,1-4H3,(H,23,29)(H,27,28). The maximum Gasteiger partial charge on any atom is 0.408 e. The van der Waals surface area contributed by atoms with Gasteiger partial charge in [-0.25, -0.2) is 14.2 Å². The summed E-state index contributed by atoms with van der Waals surface area (Å²) in [6, 6.07) is 1.13. The van der Waals surface area contributed by atoms with E-state index in [-0.39, 0.29) is 34.6 Å². The fourth-order valence-corrected chi connectivity index (χ4v) is 3.69. The fourth-order valence-electron chi connectivity index (χ4n) is 3.45. The second kappa shape index (κ2) is 7.86. The van der Waals surface area contributed by atoms with Crippen molar-refractivity contribution in [2.45, 2.75) is 58.2 Å². The number of ether oxygens (including phenoxy) is 1. The number of alkyl carbamates (subject to hydrolysis) is 1. The molecule has 1 aliphatic rings. The zero-order valence-electron chi connectivity index (χ0n) is 17.0. The number of nitrogens with zero attached hydrogens (tertiary/aromatic N) is 2. The van der Waals surface area contributed by atoms with Crippen molar-refractivity contribution in [1.82, 2.24) is 14.9 Å². The molecule has 1 saturated carbocycles. The molecule has 0 radical (unpaired) electrons. The number of fused-ring (bicyclic) bond motifs is 1. The molecule has 30 heavy (non-hydrogen) atoms. The Morgan fingerprint density at radius 3 is 2.57 bits per heavy atom. The van der Waals surface area contributed by atoms with Gasteiger partial charge in [0.1, 0.15) is 22.8 Å². The molecule has 1 unspecified atom stereocenters. The molecule has 0 saturated heterocycles. The highest BCUT2D eigenvalue weighted by Crippen LogP contribution is 2.39. The first kappa shape index (κ1) is 22.0. The summed E-state index contributed by atoms with van der Waals surface area (Å²) in [4.78, 5) is 40.9. The summed E-state index contributed by atoms with van der Waals surface area (Å²) >= 11 is 6.14. The molecule has 1 aromatic heterocycles. The second-order valence-corrected chi connectivity index (χ2v) is 8.83. The second-order valence-electron chi connectivity index (χ2n) is 8.43. The molecule has 3 rings (SSSR count). The number of carbonyl (C=O) groups is 2. The van der Waals surface area contributed by atoms with Gasteiger partial charge >= 0.3 is 12.1 Å². The van der Waals surface area contributed by atoms with Crippen LogP contribution in [0.2, 0.25) is 5.02 Å². The number of nitrogens with one attached hydrogen (secondary N) is 1. The third-order valence-electron chi connectivity index (χ3n) is 4.93. The van der Waals surface area contributed by atoms with Crippen molar-refractivity contribution in [2.24, 2.45) is 5.92 Å². The summed E-state index contributed by atoms with van der Waals surface area (Å²) in [5.41, 5.74) is -1.51. The SMILES string of the molecule is CC(NC(=O)OC(C)(C)C)c1nc2c(F)ccc(Cl)c2c(=O)n1C1CC(C(=O)O)C1. The Morgan fingerprint density at radius 1 is 1.37 bits per heavy atom. The number of carboxylic acid groups (broad SMARTS) is 1. The van der Waals surface area contributed by atoms with Gasteiger partial charge in [0.15, 0.2) is 0 Å². The van der Waals surface area contributed by atoms with E-state index in [9.17, 15) is 23.9 Å². The molecule has 1 aromatic carbocycles. The monoisotopic (exact) mass is 439 g/mol. The minimum atomic E-state index is -0.946. The lowest BCUT2D eigenvalue weighted by molar-refractivity contribution is -0.146. The Bertz CT molecular complexity index is 1070. The van der Waals surface area contributed by atoms with Crippen molar-refractivity contribution in [2.75, 3.05) is 0 Å². The molecule has 2 aromatic rings. The van der Waals surface area contributed by atoms with Gasteiger partial charge in [-0.05, 0) is 52.7 Å². The van der Waals surface area contributed by atoms with Crippen LogP contribution >= 0.6 is 11.6 Å². The molecular formula is C20H23ClFN3O5. The summed E-state index contributed by atoms with van der Waals surface area (Å²) in [5.74, 6) is -2.14. The van der Waals surface area contributed by atoms with Crippen molar-refractivity contribution in [3.63, 3.8) is 0 Å². The lowest BCUT2D eigenvalue weighted by atomic mass is 9.80. The largest absolute Gasteiger partial charge is 0.481 e. The number of amides is 1. The van der Waals surface area contributed by atoms with E-state index in [4.69, 9.17) is 16.3 Å². The first-order valence-electron chi connectivity index (χ1n) is 9.51. The number of carboxylic acids is 1. The van der Waals surface area contributed by atoms with Gasteiger partial charge in [-0.3, -0.25) is 14.2 Å². The smallest absolute Gasteiger partial charge is 0.408 e. The quantitative estimate of drug-likeness (QED) is 0.749. The molecule has 1 heterocycles. The highest BCUT2D eigenvalue weighted by Gasteiger charge is 2.38. The van der Waals surface area contributed by atoms with Crippen LogP contribution in [0.5, 0.6) is 0 Å². The number of halogens is 2. The van der Waals surface area contributed by atoms with E-state index in [2.05, 4.69) is 10.3 Å². The average molecular weight is 440 g/mol. The Labute approximate surface area is 177 Å². The minimum absolute atomic E-state index is 0.0473. The molecule has 1 atom stereocenters. The van der Waals surface area contributed by atoms with Crippen molar-refractivity contribution >= 4 is 34.6 Å². The van der Waals surface area contributed by atoms with Gasteiger partial charge in [-0.15, -0.1) is 0 Å². The maximum atomic E-state index is 14.4. The number of hydrogen-bond acceptors (Lipinski definition) is 5. The topological polar surface area (TPSA) is 111 Å². The van der Waals surface area contributed by atoms with Gasteiger partial charge in [-0.1, -0.05) is 11.6 Å². The molecule has 1 aliphatic carbocycles. The van der Waals surface area contributed by atoms with Crippen LogP contribution in [0.4, 0.5) is 9.18 Å². The number of hydrogen-bond donors (Lipinski definition) is 2. The first-order valence-corrected chi connectivity index (χ1v) is 9.89. The van der Waals surface area contributed by atoms with Crippen LogP contribution in [-0.4, -0.2) is 32.3 Å². The van der Waals surface area contributed by atoms with Crippen LogP contribution < -0.4 is 10.9 Å². The van der Waals surface area contributed by atoms with Crippen LogP contribution in [-0.2, 0) is 9.53 Å². The number of aromatic nitrogens is 2. The van der Waals surface area contributed by atoms with Crippen LogP contribution in [0.3, 0.4) is 0 Å². The van der Waals surface area contributed by atoms with E-state index in [1.807, 2.05) is 0 Å². The highest BCUT2D eigenvalue weighted by atomic mass is 35.5. The zero-order valence-corrected chi connectivity index (χ0v) is 17.8. The van der Waals surface area contributed by atoms with Crippen molar-refractivity contribution in [3.05, 3.63) is 39.2 Å². The summed E-state index contributed by atoms with van der Waals surface area (Å²) in [5, 5.41) is 11.7. The van der Waals surface area contributed by atoms with Crippen LogP contribution in [0.1, 0.15) is 58.4 Å². The van der Waals surface area contributed by atoms with Gasteiger partial charge in [0, 0.05) is 6.04 Å². The summed E-state index contributed by atoms with van der Waals surface area (Å²) in [7, 11) is 0. The molecule has 10 heteroatoms. The lowest BCUT2D eigenvalue weighted by Gasteiger charge is -2.36. The minimum Gasteiger partial charge on any atom is -0.481 e. The number of carbonyl (C=O) groups excluding carboxylic acids is 1. The molecule has 0 aliphatic heterocycles. The molecule has 162 valence electrons.